The highest BCUT2D eigenvalue weighted by atomic mass is 19.1. The molecule has 2 heterocycles. The van der Waals surface area contributed by atoms with Crippen LogP contribution in [0.25, 0.3) is 0 Å². The molecule has 26 heavy (non-hydrogen) atoms. The Bertz CT molecular complexity index is 847. The van der Waals surface area contributed by atoms with Crippen LogP contribution in [-0.2, 0) is 4.79 Å². The fourth-order valence-electron chi connectivity index (χ4n) is 3.77. The van der Waals surface area contributed by atoms with Gasteiger partial charge in [0, 0.05) is 12.1 Å². The van der Waals surface area contributed by atoms with Crippen LogP contribution in [0, 0.1) is 11.7 Å². The molecule has 1 fully saturated rings. The van der Waals surface area contributed by atoms with Crippen LogP contribution in [0.4, 0.5) is 15.8 Å². The third-order valence-corrected chi connectivity index (χ3v) is 5.05. The van der Waals surface area contributed by atoms with Gasteiger partial charge in [0.2, 0.25) is 0 Å². The van der Waals surface area contributed by atoms with E-state index in [9.17, 15) is 9.18 Å². The number of para-hydroxylation sites is 1. The maximum Gasteiger partial charge on any atom is 0.278 e. The maximum atomic E-state index is 13.1. The van der Waals surface area contributed by atoms with E-state index < -0.39 is 0 Å². The molecule has 5 heteroatoms. The second-order valence-corrected chi connectivity index (χ2v) is 7.15. The van der Waals surface area contributed by atoms with Crippen LogP contribution in [-0.4, -0.2) is 36.3 Å². The Balaban J connectivity index is 1.65. The molecule has 0 saturated carbocycles. The number of halogens is 1. The number of anilines is 1. The zero-order valence-corrected chi connectivity index (χ0v) is 14.9. The lowest BCUT2D eigenvalue weighted by Crippen LogP contribution is -2.45. The molecule has 1 amide bonds. The van der Waals surface area contributed by atoms with Crippen molar-refractivity contribution < 1.29 is 9.18 Å². The molecule has 2 aromatic rings. The summed E-state index contributed by atoms with van der Waals surface area (Å²) in [6.45, 7) is 4.87. The smallest absolute Gasteiger partial charge is 0.278 e. The average Bonchev–Trinajstić information content (AvgIpc) is 2.90. The van der Waals surface area contributed by atoms with Gasteiger partial charge in [-0.25, -0.2) is 9.38 Å². The highest BCUT2D eigenvalue weighted by molar-refractivity contribution is 6.54. The number of aliphatic imine (C=N–C) groups is 1. The lowest BCUT2D eigenvalue weighted by molar-refractivity contribution is -0.112. The normalized spacial score (nSPS) is 22.1. The summed E-state index contributed by atoms with van der Waals surface area (Å²) in [6.07, 6.45) is 2.42. The maximum absolute atomic E-state index is 13.1. The molecule has 0 unspecified atom stereocenters. The van der Waals surface area contributed by atoms with Crippen molar-refractivity contribution in [1.29, 1.82) is 0 Å². The highest BCUT2D eigenvalue weighted by Crippen LogP contribution is 2.31. The number of fused-ring (bicyclic) bond motifs is 1. The quantitative estimate of drug-likeness (QED) is 0.838. The summed E-state index contributed by atoms with van der Waals surface area (Å²) in [5.74, 6) is 0.255. The molecule has 0 aliphatic carbocycles. The van der Waals surface area contributed by atoms with Gasteiger partial charge in [-0.1, -0.05) is 25.1 Å². The number of carbonyl (C=O) groups is 1. The van der Waals surface area contributed by atoms with Crippen molar-refractivity contribution in [2.45, 2.75) is 19.8 Å². The van der Waals surface area contributed by atoms with Crippen molar-refractivity contribution >= 4 is 23.0 Å². The summed E-state index contributed by atoms with van der Waals surface area (Å²) in [6, 6.07) is 13.6. The number of piperidine rings is 1. The number of likely N-dealkylation sites (tertiary alicyclic amines) is 1. The minimum absolute atomic E-state index is 0.0891. The molecule has 0 N–H and O–H groups in total. The molecule has 2 aliphatic heterocycles. The number of hydrogen-bond donors (Lipinski definition) is 0. The largest absolute Gasteiger partial charge is 0.293 e. The summed E-state index contributed by atoms with van der Waals surface area (Å²) in [5.41, 5.74) is 2.75. The van der Waals surface area contributed by atoms with Gasteiger partial charge in [-0.05, 0) is 55.6 Å². The van der Waals surface area contributed by atoms with E-state index in [4.69, 9.17) is 0 Å². The van der Waals surface area contributed by atoms with Gasteiger partial charge in [0.05, 0.1) is 18.0 Å². The predicted octanol–water partition coefficient (Wildman–Crippen LogP) is 3.98. The first-order valence-corrected chi connectivity index (χ1v) is 9.10. The summed E-state index contributed by atoms with van der Waals surface area (Å²) >= 11 is 0. The Morgan fingerprint density at radius 1 is 1.15 bits per heavy atom. The number of carbonyl (C=O) groups excluding carboxylic acids is 1. The first-order valence-electron chi connectivity index (χ1n) is 9.10. The lowest BCUT2D eigenvalue weighted by Gasteiger charge is -2.33. The van der Waals surface area contributed by atoms with Crippen molar-refractivity contribution in [3.63, 3.8) is 0 Å². The van der Waals surface area contributed by atoms with Crippen LogP contribution >= 0.6 is 0 Å². The number of rotatable bonds is 3. The highest BCUT2D eigenvalue weighted by Gasteiger charge is 2.35. The summed E-state index contributed by atoms with van der Waals surface area (Å²) in [5, 5.41) is 0. The van der Waals surface area contributed by atoms with Gasteiger partial charge < -0.3 is 0 Å². The molecular weight excluding hydrogens is 329 g/mol. The first-order chi connectivity index (χ1) is 12.6. The van der Waals surface area contributed by atoms with E-state index in [-0.39, 0.29) is 11.7 Å². The number of benzene rings is 2. The molecule has 0 bridgehead atoms. The van der Waals surface area contributed by atoms with E-state index in [0.717, 1.165) is 24.3 Å². The topological polar surface area (TPSA) is 35.9 Å². The summed E-state index contributed by atoms with van der Waals surface area (Å²) in [4.78, 5) is 21.8. The molecule has 0 aromatic heterocycles. The molecule has 4 rings (SSSR count). The van der Waals surface area contributed by atoms with Crippen molar-refractivity contribution in [3.05, 3.63) is 59.9 Å². The Labute approximate surface area is 153 Å². The Morgan fingerprint density at radius 3 is 2.69 bits per heavy atom. The van der Waals surface area contributed by atoms with Gasteiger partial charge in [0.1, 0.15) is 11.5 Å². The van der Waals surface area contributed by atoms with Crippen LogP contribution in [0.2, 0.25) is 0 Å². The van der Waals surface area contributed by atoms with E-state index in [1.165, 1.54) is 25.0 Å². The second kappa shape index (κ2) is 7.00. The minimum atomic E-state index is -0.312. The number of amides is 1. The Morgan fingerprint density at radius 2 is 1.92 bits per heavy atom. The molecule has 1 saturated heterocycles. The van der Waals surface area contributed by atoms with Crippen molar-refractivity contribution in [2.75, 3.05) is 24.7 Å². The minimum Gasteiger partial charge on any atom is -0.293 e. The summed E-state index contributed by atoms with van der Waals surface area (Å²) < 4.78 is 13.1. The van der Waals surface area contributed by atoms with Gasteiger partial charge in [-0.15, -0.1) is 0 Å². The molecule has 134 valence electrons. The second-order valence-electron chi connectivity index (χ2n) is 7.15. The van der Waals surface area contributed by atoms with Crippen LogP contribution in [0.3, 0.4) is 0 Å². The lowest BCUT2D eigenvalue weighted by atomic mass is 10.0. The van der Waals surface area contributed by atoms with Crippen molar-refractivity contribution in [1.82, 2.24) is 4.90 Å². The Hall–Kier alpha value is -2.53. The van der Waals surface area contributed by atoms with Crippen molar-refractivity contribution in [2.24, 2.45) is 10.9 Å². The number of hydrogen-bond acceptors (Lipinski definition) is 3. The van der Waals surface area contributed by atoms with Crippen LogP contribution in [0.5, 0.6) is 0 Å². The van der Waals surface area contributed by atoms with Gasteiger partial charge in [0.25, 0.3) is 5.91 Å². The average molecular weight is 351 g/mol. The zero-order valence-electron chi connectivity index (χ0n) is 14.9. The fourth-order valence-corrected chi connectivity index (χ4v) is 3.77. The molecule has 0 radical (unpaired) electrons. The van der Waals surface area contributed by atoms with E-state index >= 15 is 0 Å². The monoisotopic (exact) mass is 351 g/mol. The third kappa shape index (κ3) is 3.27. The van der Waals surface area contributed by atoms with E-state index in [0.29, 0.717) is 24.0 Å². The van der Waals surface area contributed by atoms with Crippen molar-refractivity contribution in [3.8, 4) is 0 Å². The first kappa shape index (κ1) is 16.9. The standard InChI is InChI=1S/C21H22FN3O/c1-15-5-4-12-24(13-15)14-25-19-7-3-2-6-18(19)20(21(25)26)23-17-10-8-16(22)9-11-17/h2-3,6-11,15H,4-5,12-14H2,1H3/t15-/m1/s1. The zero-order chi connectivity index (χ0) is 18.1. The molecular formula is C21H22FN3O. The predicted molar refractivity (Wildman–Crippen MR) is 101 cm³/mol. The third-order valence-electron chi connectivity index (χ3n) is 5.05. The van der Waals surface area contributed by atoms with E-state index in [1.807, 2.05) is 29.2 Å². The van der Waals surface area contributed by atoms with Crippen LogP contribution in [0.15, 0.2) is 53.5 Å². The molecule has 2 aliphatic rings. The van der Waals surface area contributed by atoms with Gasteiger partial charge in [-0.3, -0.25) is 14.6 Å². The van der Waals surface area contributed by atoms with Gasteiger partial charge in [0.15, 0.2) is 0 Å². The molecule has 0 spiro atoms. The molecule has 4 nitrogen and oxygen atoms in total. The van der Waals surface area contributed by atoms with Crippen LogP contribution in [0.1, 0.15) is 25.3 Å². The SMILES string of the molecule is C[C@@H]1CCCN(CN2C(=O)C(=Nc3ccc(F)cc3)c3ccccc32)C1. The van der Waals surface area contributed by atoms with Gasteiger partial charge >= 0.3 is 0 Å². The fraction of sp³-hybridized carbons (Fsp3) is 0.333. The van der Waals surface area contributed by atoms with Crippen LogP contribution < -0.4 is 4.90 Å². The van der Waals surface area contributed by atoms with Gasteiger partial charge in [-0.2, -0.15) is 0 Å². The number of nitrogens with zero attached hydrogens (tertiary/aromatic N) is 3. The summed E-state index contributed by atoms with van der Waals surface area (Å²) in [7, 11) is 0. The van der Waals surface area contributed by atoms with E-state index in [2.05, 4.69) is 16.8 Å². The Kier molecular flexibility index (Phi) is 4.55. The molecule has 2 aromatic carbocycles. The van der Waals surface area contributed by atoms with E-state index in [1.54, 1.807) is 12.1 Å². The molecule has 1 atom stereocenters.